The summed E-state index contributed by atoms with van der Waals surface area (Å²) in [4.78, 5) is 24.8. The van der Waals surface area contributed by atoms with Crippen LogP contribution in [0.3, 0.4) is 0 Å². The molecular formula is C16H18F6N4O2. The van der Waals surface area contributed by atoms with Gasteiger partial charge >= 0.3 is 18.4 Å². The highest BCUT2D eigenvalue weighted by Crippen LogP contribution is 2.36. The number of nitrogens with zero attached hydrogens (tertiary/aromatic N) is 1. The number of amides is 3. The normalized spacial score (nSPS) is 14.7. The van der Waals surface area contributed by atoms with Crippen molar-refractivity contribution in [3.8, 4) is 0 Å². The predicted molar refractivity (Wildman–Crippen MR) is 89.0 cm³/mol. The molecule has 1 saturated heterocycles. The summed E-state index contributed by atoms with van der Waals surface area (Å²) in [6.07, 6.45) is -7.47. The third kappa shape index (κ3) is 6.50. The summed E-state index contributed by atoms with van der Waals surface area (Å²) in [5, 5.41) is 5.65. The van der Waals surface area contributed by atoms with Crippen LogP contribution in [0.2, 0.25) is 0 Å². The van der Waals surface area contributed by atoms with Gasteiger partial charge in [-0.25, -0.2) is 4.79 Å². The van der Waals surface area contributed by atoms with Crippen LogP contribution in [-0.4, -0.2) is 44.3 Å². The van der Waals surface area contributed by atoms with Gasteiger partial charge < -0.3 is 15.5 Å². The van der Waals surface area contributed by atoms with Crippen molar-refractivity contribution in [2.45, 2.75) is 25.2 Å². The molecule has 3 amide bonds. The van der Waals surface area contributed by atoms with Gasteiger partial charge in [0.05, 0.1) is 23.5 Å². The molecule has 1 aromatic rings. The van der Waals surface area contributed by atoms with E-state index in [4.69, 9.17) is 0 Å². The predicted octanol–water partition coefficient (Wildman–Crippen LogP) is 3.11. The van der Waals surface area contributed by atoms with Crippen molar-refractivity contribution in [3.63, 3.8) is 0 Å². The molecule has 3 N–H and O–H groups in total. The fraction of sp³-hybridized carbons (Fsp3) is 0.500. The molecular weight excluding hydrogens is 394 g/mol. The quantitative estimate of drug-likeness (QED) is 0.650. The Morgan fingerprint density at radius 1 is 1.04 bits per heavy atom. The van der Waals surface area contributed by atoms with Crippen molar-refractivity contribution in [2.75, 3.05) is 36.4 Å². The van der Waals surface area contributed by atoms with Crippen LogP contribution in [0.5, 0.6) is 0 Å². The van der Waals surface area contributed by atoms with Crippen molar-refractivity contribution in [1.29, 1.82) is 0 Å². The molecule has 12 heteroatoms. The number of nitrogens with one attached hydrogen (secondary N) is 3. The zero-order chi connectivity index (χ0) is 20.9. The van der Waals surface area contributed by atoms with E-state index < -0.39 is 42.9 Å². The maximum absolute atomic E-state index is 13.0. The smallest absolute Gasteiger partial charge is 0.374 e. The van der Waals surface area contributed by atoms with E-state index in [1.54, 1.807) is 5.32 Å². The molecule has 0 aromatic heterocycles. The summed E-state index contributed by atoms with van der Waals surface area (Å²) in [6, 6.07) is 1.73. The summed E-state index contributed by atoms with van der Waals surface area (Å²) < 4.78 is 74.9. The van der Waals surface area contributed by atoms with Crippen molar-refractivity contribution in [2.24, 2.45) is 0 Å². The van der Waals surface area contributed by atoms with Gasteiger partial charge in [-0.15, -0.1) is 0 Å². The van der Waals surface area contributed by atoms with Crippen molar-refractivity contribution < 1.29 is 35.9 Å². The van der Waals surface area contributed by atoms with Gasteiger partial charge in [0.25, 0.3) is 0 Å². The molecule has 0 radical (unpaired) electrons. The summed E-state index contributed by atoms with van der Waals surface area (Å²) in [5.74, 6) is -0.996. The van der Waals surface area contributed by atoms with Gasteiger partial charge in [-0.3, -0.25) is 10.1 Å². The number of anilines is 2. The van der Waals surface area contributed by atoms with Crippen molar-refractivity contribution in [3.05, 3.63) is 23.8 Å². The van der Waals surface area contributed by atoms with E-state index in [-0.39, 0.29) is 5.69 Å². The Labute approximate surface area is 156 Å². The third-order valence-corrected chi connectivity index (χ3v) is 3.91. The molecule has 6 nitrogen and oxygen atoms in total. The number of carbonyl (C=O) groups excluding carboxylic acids is 2. The van der Waals surface area contributed by atoms with Gasteiger partial charge in [0.1, 0.15) is 6.54 Å². The Kier molecular flexibility index (Phi) is 6.62. The second kappa shape index (κ2) is 8.57. The fourth-order valence-electron chi connectivity index (χ4n) is 2.66. The highest BCUT2D eigenvalue weighted by atomic mass is 19.4. The van der Waals surface area contributed by atoms with E-state index in [2.05, 4.69) is 5.32 Å². The van der Waals surface area contributed by atoms with Crippen LogP contribution in [0.25, 0.3) is 0 Å². The highest BCUT2D eigenvalue weighted by molar-refractivity contribution is 5.96. The minimum Gasteiger partial charge on any atom is -0.374 e. The first-order valence-electron chi connectivity index (χ1n) is 8.30. The Balaban J connectivity index is 2.02. The van der Waals surface area contributed by atoms with Gasteiger partial charge in [-0.2, -0.15) is 26.3 Å². The summed E-state index contributed by atoms with van der Waals surface area (Å²) in [5.41, 5.74) is -0.399. The first kappa shape index (κ1) is 21.6. The summed E-state index contributed by atoms with van der Waals surface area (Å²) >= 11 is 0. The van der Waals surface area contributed by atoms with E-state index in [9.17, 15) is 35.9 Å². The van der Waals surface area contributed by atoms with Gasteiger partial charge in [0.2, 0.25) is 5.91 Å². The summed E-state index contributed by atoms with van der Waals surface area (Å²) in [6.45, 7) is -0.925. The van der Waals surface area contributed by atoms with Crippen molar-refractivity contribution >= 4 is 23.3 Å². The number of hydrogen-bond acceptors (Lipinski definition) is 4. The SMILES string of the molecule is O=C(CNc1cc(C(F)(F)F)ccc1N1CCCC1)NC(=O)NCC(F)(F)F. The molecule has 0 aliphatic carbocycles. The topological polar surface area (TPSA) is 73.5 Å². The van der Waals surface area contributed by atoms with Gasteiger partial charge in [-0.1, -0.05) is 0 Å². The fourth-order valence-corrected chi connectivity index (χ4v) is 2.66. The average molecular weight is 412 g/mol. The molecule has 0 bridgehead atoms. The molecule has 1 aromatic carbocycles. The van der Waals surface area contributed by atoms with Gasteiger partial charge in [0.15, 0.2) is 0 Å². The number of hydrogen-bond donors (Lipinski definition) is 3. The number of carbonyl (C=O) groups is 2. The maximum Gasteiger partial charge on any atom is 0.416 e. The van der Waals surface area contributed by atoms with E-state index in [0.717, 1.165) is 25.0 Å². The number of urea groups is 1. The van der Waals surface area contributed by atoms with Crippen LogP contribution in [0.15, 0.2) is 18.2 Å². The molecule has 1 fully saturated rings. The minimum absolute atomic E-state index is 0.0441. The highest BCUT2D eigenvalue weighted by Gasteiger charge is 2.32. The molecule has 0 atom stereocenters. The zero-order valence-electron chi connectivity index (χ0n) is 14.5. The number of rotatable bonds is 5. The number of alkyl halides is 6. The maximum atomic E-state index is 13.0. The molecule has 0 unspecified atom stereocenters. The molecule has 1 aliphatic heterocycles. The Morgan fingerprint density at radius 2 is 1.68 bits per heavy atom. The molecule has 0 saturated carbocycles. The van der Waals surface area contributed by atoms with Crippen LogP contribution in [0, 0.1) is 0 Å². The lowest BCUT2D eigenvalue weighted by atomic mass is 10.1. The van der Waals surface area contributed by atoms with Crippen LogP contribution in [-0.2, 0) is 11.0 Å². The third-order valence-electron chi connectivity index (χ3n) is 3.91. The molecule has 1 aliphatic rings. The number of halogens is 6. The van der Waals surface area contributed by atoms with Crippen LogP contribution >= 0.6 is 0 Å². The molecule has 1 heterocycles. The standard InChI is InChI=1S/C16H18F6N4O2/c17-15(18,19)9-24-14(28)25-13(27)8-23-11-7-10(16(20,21)22)3-4-12(11)26-5-1-2-6-26/h3-4,7,23H,1-2,5-6,8-9H2,(H2,24,25,27,28). The van der Waals surface area contributed by atoms with Gasteiger partial charge in [-0.05, 0) is 31.0 Å². The molecule has 2 rings (SSSR count). The molecule has 156 valence electrons. The zero-order valence-corrected chi connectivity index (χ0v) is 14.5. The largest absolute Gasteiger partial charge is 0.416 e. The molecule has 28 heavy (non-hydrogen) atoms. The minimum atomic E-state index is -4.64. The van der Waals surface area contributed by atoms with Crippen molar-refractivity contribution in [1.82, 2.24) is 10.6 Å². The lowest BCUT2D eigenvalue weighted by Gasteiger charge is -2.23. The first-order chi connectivity index (χ1) is 13.0. The average Bonchev–Trinajstić information content (AvgIpc) is 3.11. The first-order valence-corrected chi connectivity index (χ1v) is 8.30. The second-order valence-corrected chi connectivity index (χ2v) is 6.12. The van der Waals surface area contributed by atoms with Crippen LogP contribution in [0.1, 0.15) is 18.4 Å². The van der Waals surface area contributed by atoms with Crippen LogP contribution in [0.4, 0.5) is 42.5 Å². The van der Waals surface area contributed by atoms with Gasteiger partial charge in [0, 0.05) is 13.1 Å². The Morgan fingerprint density at radius 3 is 2.25 bits per heavy atom. The second-order valence-electron chi connectivity index (χ2n) is 6.12. The number of imide groups is 1. The van der Waals surface area contributed by atoms with E-state index in [1.807, 2.05) is 4.90 Å². The Hall–Kier alpha value is -2.66. The monoisotopic (exact) mass is 412 g/mol. The van der Waals surface area contributed by atoms with E-state index in [1.165, 1.54) is 11.4 Å². The lowest BCUT2D eigenvalue weighted by Crippen LogP contribution is -2.45. The Bertz CT molecular complexity index is 714. The lowest BCUT2D eigenvalue weighted by molar-refractivity contribution is -0.137. The van der Waals surface area contributed by atoms with E-state index in [0.29, 0.717) is 18.8 Å². The molecule has 0 spiro atoms. The van der Waals surface area contributed by atoms with Crippen LogP contribution < -0.4 is 20.9 Å². The number of benzene rings is 1. The van der Waals surface area contributed by atoms with E-state index >= 15 is 0 Å². The summed E-state index contributed by atoms with van der Waals surface area (Å²) in [7, 11) is 0.